The Kier molecular flexibility index (Phi) is 5.47. The highest BCUT2D eigenvalue weighted by atomic mass is 32.1. The van der Waals surface area contributed by atoms with Crippen molar-refractivity contribution in [1.82, 2.24) is 4.57 Å². The lowest BCUT2D eigenvalue weighted by atomic mass is 10.2. The fraction of sp³-hybridized carbons (Fsp3) is 0.238. The highest BCUT2D eigenvalue weighted by molar-refractivity contribution is 7.16. The zero-order chi connectivity index (χ0) is 22.1. The lowest BCUT2D eigenvalue weighted by molar-refractivity contribution is -0.384. The summed E-state index contributed by atoms with van der Waals surface area (Å²) in [5, 5.41) is 11.1. The van der Waals surface area contributed by atoms with E-state index in [1.54, 1.807) is 24.3 Å². The van der Waals surface area contributed by atoms with Crippen molar-refractivity contribution >= 4 is 50.6 Å². The Labute approximate surface area is 180 Å². The lowest BCUT2D eigenvalue weighted by Gasteiger charge is -2.14. The predicted octanol–water partition coefficient (Wildman–Crippen LogP) is 3.42. The maximum atomic E-state index is 12.9. The third kappa shape index (κ3) is 3.89. The number of anilines is 1. The summed E-state index contributed by atoms with van der Waals surface area (Å²) in [5.74, 6) is -1.11. The number of nitrogens with zero attached hydrogens (tertiary/aromatic N) is 4. The first-order valence-corrected chi connectivity index (χ1v) is 10.5. The van der Waals surface area contributed by atoms with E-state index in [1.807, 2.05) is 11.5 Å². The van der Waals surface area contributed by atoms with Crippen LogP contribution in [0.5, 0.6) is 0 Å². The van der Waals surface area contributed by atoms with Crippen molar-refractivity contribution in [2.75, 3.05) is 4.90 Å². The van der Waals surface area contributed by atoms with Crippen LogP contribution in [0, 0.1) is 10.1 Å². The maximum Gasteiger partial charge on any atom is 0.279 e. The van der Waals surface area contributed by atoms with E-state index in [-0.39, 0.29) is 35.9 Å². The molecule has 2 heterocycles. The first-order valence-electron chi connectivity index (χ1n) is 9.71. The Balaban J connectivity index is 1.76. The van der Waals surface area contributed by atoms with Crippen molar-refractivity contribution in [1.29, 1.82) is 0 Å². The number of aryl methyl sites for hydroxylation is 1. The van der Waals surface area contributed by atoms with Crippen LogP contribution >= 0.6 is 11.3 Å². The second kappa shape index (κ2) is 8.23. The van der Waals surface area contributed by atoms with Crippen LogP contribution in [0.3, 0.4) is 0 Å². The molecule has 1 aliphatic heterocycles. The fourth-order valence-corrected chi connectivity index (χ4v) is 4.58. The van der Waals surface area contributed by atoms with E-state index in [2.05, 4.69) is 4.99 Å². The van der Waals surface area contributed by atoms with Crippen LogP contribution in [-0.4, -0.2) is 27.2 Å². The van der Waals surface area contributed by atoms with Crippen LogP contribution in [-0.2, 0) is 16.1 Å². The molecule has 0 atom stereocenters. The molecule has 1 fully saturated rings. The van der Waals surface area contributed by atoms with Crippen molar-refractivity contribution in [2.45, 2.75) is 32.7 Å². The van der Waals surface area contributed by atoms with Gasteiger partial charge in [-0.3, -0.25) is 29.4 Å². The Bertz CT molecular complexity index is 1290. The van der Waals surface area contributed by atoms with E-state index in [1.165, 1.54) is 29.5 Å². The van der Waals surface area contributed by atoms with Crippen molar-refractivity contribution in [3.63, 3.8) is 0 Å². The highest BCUT2D eigenvalue weighted by Crippen LogP contribution is 2.25. The zero-order valence-corrected chi connectivity index (χ0v) is 17.4. The molecule has 3 amide bonds. The number of thiazole rings is 1. The van der Waals surface area contributed by atoms with Crippen molar-refractivity contribution in [3.8, 4) is 0 Å². The summed E-state index contributed by atoms with van der Waals surface area (Å²) in [7, 11) is 0. The number of nitro groups is 1. The third-order valence-corrected chi connectivity index (χ3v) is 5.97. The summed E-state index contributed by atoms with van der Waals surface area (Å²) in [6, 6.07) is 10.8. The molecule has 158 valence electrons. The molecule has 1 aliphatic rings. The summed E-state index contributed by atoms with van der Waals surface area (Å²) in [5.41, 5.74) is 1.34. The number of aromatic nitrogens is 1. The number of benzene rings is 2. The number of hydrogen-bond donors (Lipinski definition) is 0. The molecule has 0 radical (unpaired) electrons. The first-order chi connectivity index (χ1) is 14.9. The van der Waals surface area contributed by atoms with Crippen molar-refractivity contribution in [2.24, 2.45) is 4.99 Å². The Morgan fingerprint density at radius 1 is 1.16 bits per heavy atom. The second-order valence-electron chi connectivity index (χ2n) is 7.04. The molecule has 0 saturated carbocycles. The molecule has 3 aromatic rings. The number of nitro benzene ring substituents is 1. The predicted molar refractivity (Wildman–Crippen MR) is 115 cm³/mol. The zero-order valence-electron chi connectivity index (χ0n) is 16.6. The van der Waals surface area contributed by atoms with E-state index in [4.69, 9.17) is 0 Å². The average molecular weight is 438 g/mol. The summed E-state index contributed by atoms with van der Waals surface area (Å²) in [6.07, 6.45) is 1.11. The molecule has 1 saturated heterocycles. The molecular formula is C21H18N4O5S. The number of fused-ring (bicyclic) bond motifs is 1. The standard InChI is InChI=1S/C21H18N4O5S/c1-2-10-23-16-7-6-15(25(29)30)12-17(16)31-21(23)22-20(28)13-4-3-5-14(11-13)24-18(26)8-9-19(24)27/h3-7,11-12H,2,8-10H2,1H3. The van der Waals surface area contributed by atoms with Gasteiger partial charge in [0, 0.05) is 37.1 Å². The van der Waals surface area contributed by atoms with Gasteiger partial charge in [0.2, 0.25) is 11.8 Å². The Morgan fingerprint density at radius 3 is 2.58 bits per heavy atom. The van der Waals surface area contributed by atoms with Crippen LogP contribution in [0.15, 0.2) is 47.5 Å². The molecule has 1 aromatic heterocycles. The van der Waals surface area contributed by atoms with Gasteiger partial charge in [0.05, 0.1) is 20.8 Å². The van der Waals surface area contributed by atoms with Crippen molar-refractivity contribution in [3.05, 3.63) is 62.9 Å². The average Bonchev–Trinajstić information content (AvgIpc) is 3.27. The number of carbonyl (C=O) groups is 3. The van der Waals surface area contributed by atoms with Gasteiger partial charge in [-0.25, -0.2) is 0 Å². The molecular weight excluding hydrogens is 420 g/mol. The molecule has 0 aliphatic carbocycles. The van der Waals surface area contributed by atoms with Gasteiger partial charge in [-0.1, -0.05) is 24.3 Å². The summed E-state index contributed by atoms with van der Waals surface area (Å²) in [4.78, 5) is 53.3. The van der Waals surface area contributed by atoms with Gasteiger partial charge in [0.25, 0.3) is 11.6 Å². The topological polar surface area (TPSA) is 115 Å². The Morgan fingerprint density at radius 2 is 1.90 bits per heavy atom. The van der Waals surface area contributed by atoms with E-state index >= 15 is 0 Å². The minimum atomic E-state index is -0.521. The highest BCUT2D eigenvalue weighted by Gasteiger charge is 2.30. The minimum absolute atomic E-state index is 0.0251. The van der Waals surface area contributed by atoms with Crippen LogP contribution in [0.25, 0.3) is 10.2 Å². The molecule has 9 nitrogen and oxygen atoms in total. The van der Waals surface area contributed by atoms with Gasteiger partial charge in [-0.15, -0.1) is 0 Å². The van der Waals surface area contributed by atoms with Crippen LogP contribution in [0.4, 0.5) is 11.4 Å². The van der Waals surface area contributed by atoms with Gasteiger partial charge >= 0.3 is 0 Å². The SMILES string of the molecule is CCCn1c(=NC(=O)c2cccc(N3C(=O)CCC3=O)c2)sc2cc([N+](=O)[O-])ccc21. The summed E-state index contributed by atoms with van der Waals surface area (Å²) >= 11 is 1.20. The number of non-ortho nitro benzene ring substituents is 1. The molecule has 0 bridgehead atoms. The van der Waals surface area contributed by atoms with Crippen LogP contribution < -0.4 is 9.70 Å². The molecule has 4 rings (SSSR count). The number of imide groups is 1. The van der Waals surface area contributed by atoms with Crippen molar-refractivity contribution < 1.29 is 19.3 Å². The van der Waals surface area contributed by atoms with Gasteiger partial charge in [0.1, 0.15) is 0 Å². The van der Waals surface area contributed by atoms with E-state index in [0.717, 1.165) is 16.8 Å². The molecule has 10 heteroatoms. The van der Waals surface area contributed by atoms with Crippen LogP contribution in [0.2, 0.25) is 0 Å². The smallest absolute Gasteiger partial charge is 0.279 e. The van der Waals surface area contributed by atoms with Gasteiger partial charge in [-0.05, 0) is 30.7 Å². The normalized spacial score (nSPS) is 14.6. The van der Waals surface area contributed by atoms with Gasteiger partial charge in [-0.2, -0.15) is 4.99 Å². The summed E-state index contributed by atoms with van der Waals surface area (Å²) in [6.45, 7) is 2.59. The minimum Gasteiger partial charge on any atom is -0.316 e. The molecule has 31 heavy (non-hydrogen) atoms. The quantitative estimate of drug-likeness (QED) is 0.344. The van der Waals surface area contributed by atoms with E-state index in [9.17, 15) is 24.5 Å². The number of rotatable bonds is 5. The van der Waals surface area contributed by atoms with Gasteiger partial charge in [0.15, 0.2) is 4.80 Å². The Hall–Kier alpha value is -3.66. The van der Waals surface area contributed by atoms with Gasteiger partial charge < -0.3 is 4.57 Å². The number of amides is 3. The summed E-state index contributed by atoms with van der Waals surface area (Å²) < 4.78 is 2.52. The first kappa shape index (κ1) is 20.6. The number of hydrogen-bond acceptors (Lipinski definition) is 6. The molecule has 2 aromatic carbocycles. The van der Waals surface area contributed by atoms with E-state index in [0.29, 0.717) is 21.7 Å². The van der Waals surface area contributed by atoms with Crippen LogP contribution in [0.1, 0.15) is 36.5 Å². The second-order valence-corrected chi connectivity index (χ2v) is 8.04. The van der Waals surface area contributed by atoms with E-state index < -0.39 is 10.8 Å². The monoisotopic (exact) mass is 438 g/mol. The molecule has 0 N–H and O–H groups in total. The number of carbonyl (C=O) groups excluding carboxylic acids is 3. The molecule has 0 spiro atoms. The fourth-order valence-electron chi connectivity index (χ4n) is 3.49. The molecule has 0 unspecified atom stereocenters. The largest absolute Gasteiger partial charge is 0.316 e. The maximum absolute atomic E-state index is 12.9. The lowest BCUT2D eigenvalue weighted by Crippen LogP contribution is -2.28. The third-order valence-electron chi connectivity index (χ3n) is 4.92.